The Balaban J connectivity index is 0.000000515. The summed E-state index contributed by atoms with van der Waals surface area (Å²) in [5.74, 6) is 5.80. The van der Waals surface area contributed by atoms with Crippen LogP contribution in [-0.4, -0.2) is 47.5 Å². The maximum Gasteiger partial charge on any atom is 1.00 e. The second-order valence-corrected chi connectivity index (χ2v) is 10.4. The molecule has 0 radical (unpaired) electrons. The van der Waals surface area contributed by atoms with Gasteiger partial charge in [0.2, 0.25) is 0 Å². The topological polar surface area (TPSA) is 45.7 Å². The van der Waals surface area contributed by atoms with Gasteiger partial charge in [0.05, 0.1) is 11.6 Å². The van der Waals surface area contributed by atoms with Crippen LogP contribution < -0.4 is 40.6 Å². The van der Waals surface area contributed by atoms with Gasteiger partial charge in [-0.2, -0.15) is 25.3 Å². The van der Waals surface area contributed by atoms with Gasteiger partial charge < -0.3 is 20.4 Å². The van der Waals surface area contributed by atoms with E-state index in [0.717, 1.165) is 25.2 Å². The fourth-order valence-corrected chi connectivity index (χ4v) is 4.86. The first-order valence-electron chi connectivity index (χ1n) is 13.7. The van der Waals surface area contributed by atoms with Crippen LogP contribution >= 0.6 is 11.8 Å². The summed E-state index contributed by atoms with van der Waals surface area (Å²) in [6, 6.07) is 14.0. The molecule has 0 spiro atoms. The molecule has 0 atom stereocenters. The normalized spacial score (nSPS) is 13.1. The summed E-state index contributed by atoms with van der Waals surface area (Å²) in [6.45, 7) is 13.2. The van der Waals surface area contributed by atoms with E-state index in [1.54, 1.807) is 24.4 Å². The van der Waals surface area contributed by atoms with Crippen molar-refractivity contribution in [2.45, 2.75) is 70.3 Å². The molecule has 3 aromatic rings. The number of alkyl halides is 3. The van der Waals surface area contributed by atoms with Crippen molar-refractivity contribution in [3.05, 3.63) is 65.4 Å². The molecule has 3 heterocycles. The Bertz CT molecular complexity index is 1190. The van der Waals surface area contributed by atoms with E-state index in [-0.39, 0.29) is 46.3 Å². The number of pyridine rings is 1. The average Bonchev–Trinajstić information content (AvgIpc) is 3.24. The number of hydrogen-bond donors (Lipinski definition) is 2. The molecule has 1 fully saturated rings. The number of halogens is 3. The van der Waals surface area contributed by atoms with E-state index in [4.69, 9.17) is 5.73 Å². The monoisotopic (exact) mass is 582 g/mol. The van der Waals surface area contributed by atoms with Crippen LogP contribution in [0, 0.1) is 24.8 Å². The smallest absolute Gasteiger partial charge is 0.374 e. The molecule has 3 N–H and O–H groups in total. The zero-order chi connectivity index (χ0) is 28.7. The molecular weight excluding hydrogens is 540 g/mol. The number of benzene rings is 1. The number of likely N-dealkylation sites (tertiary alicyclic amines) is 1. The van der Waals surface area contributed by atoms with Gasteiger partial charge in [0.25, 0.3) is 0 Å². The molecule has 9 heteroatoms. The molecule has 0 amide bonds. The maximum atomic E-state index is 12.9. The van der Waals surface area contributed by atoms with Crippen molar-refractivity contribution in [2.24, 2.45) is 5.73 Å². The molecule has 2 aromatic heterocycles. The van der Waals surface area contributed by atoms with Crippen LogP contribution in [0.25, 0.3) is 5.52 Å². The van der Waals surface area contributed by atoms with Crippen LogP contribution in [0.1, 0.15) is 63.1 Å². The zero-order valence-corrected chi connectivity index (χ0v) is 27.4. The number of aryl methyl sites for hydroxylation is 2. The zero-order valence-electron chi connectivity index (χ0n) is 24.6. The molecule has 1 aliphatic rings. The summed E-state index contributed by atoms with van der Waals surface area (Å²) in [6.07, 6.45) is 7.90. The van der Waals surface area contributed by atoms with Crippen molar-refractivity contribution >= 4 is 23.0 Å². The minimum Gasteiger partial charge on any atom is -0.374 e. The fraction of sp³-hybridized carbons (Fsp3) is 0.484. The van der Waals surface area contributed by atoms with Gasteiger partial charge in [-0.25, -0.2) is 0 Å². The minimum atomic E-state index is -4.38. The first-order valence-corrected chi connectivity index (χ1v) is 14.6. The van der Waals surface area contributed by atoms with Gasteiger partial charge in [-0.3, -0.25) is 0 Å². The van der Waals surface area contributed by atoms with Crippen molar-refractivity contribution in [3.8, 4) is 11.8 Å². The quantitative estimate of drug-likeness (QED) is 0.194. The number of nitrogens with zero attached hydrogens (tertiary/aromatic N) is 2. The van der Waals surface area contributed by atoms with Gasteiger partial charge in [0.1, 0.15) is 0 Å². The van der Waals surface area contributed by atoms with Crippen molar-refractivity contribution in [3.63, 3.8) is 0 Å². The molecule has 1 saturated heterocycles. The second-order valence-electron chi connectivity index (χ2n) is 9.39. The Morgan fingerprint density at radius 2 is 1.80 bits per heavy atom. The molecule has 1 aromatic carbocycles. The summed E-state index contributed by atoms with van der Waals surface area (Å²) < 4.78 is 40.3. The van der Waals surface area contributed by atoms with E-state index in [9.17, 15) is 13.2 Å². The number of fused-ring (bicyclic) bond motifs is 1. The number of nitrogens with one attached hydrogen (secondary N) is 1. The van der Waals surface area contributed by atoms with Crippen LogP contribution in [0.2, 0.25) is 0 Å². The third kappa shape index (κ3) is 12.9. The Morgan fingerprint density at radius 3 is 2.42 bits per heavy atom. The summed E-state index contributed by atoms with van der Waals surface area (Å²) in [4.78, 5) is 2.45. The minimum absolute atomic E-state index is 0. The summed E-state index contributed by atoms with van der Waals surface area (Å²) >= 11 is -0.154. The van der Waals surface area contributed by atoms with Gasteiger partial charge in [0.15, 0.2) is 0 Å². The largest absolute Gasteiger partial charge is 1.00 e. The van der Waals surface area contributed by atoms with E-state index in [1.807, 2.05) is 19.1 Å². The van der Waals surface area contributed by atoms with E-state index in [2.05, 4.69) is 55.0 Å². The first-order chi connectivity index (χ1) is 18.7. The summed E-state index contributed by atoms with van der Waals surface area (Å²) in [5, 5.41) is 3.31. The van der Waals surface area contributed by atoms with E-state index in [0.29, 0.717) is 17.6 Å². The Morgan fingerprint density at radius 1 is 1.10 bits per heavy atom. The van der Waals surface area contributed by atoms with Gasteiger partial charge in [0, 0.05) is 36.1 Å². The number of aromatic nitrogens is 1. The molecule has 4 nitrogen and oxygen atoms in total. The molecule has 214 valence electrons. The van der Waals surface area contributed by atoms with Crippen molar-refractivity contribution in [2.75, 3.05) is 38.0 Å². The van der Waals surface area contributed by atoms with Gasteiger partial charge in [-0.15, -0.1) is 12.1 Å². The SMILES string of the molecule is CCC.CCc1cc(C)ccc1NCC#Cc1cc2[c-]cccn2c1SC(F)(F)F.NCCN1CCCCC1.[Na+]. The predicted molar refractivity (Wildman–Crippen MR) is 159 cm³/mol. The number of hydrogen-bond acceptors (Lipinski definition) is 4. The third-order valence-electron chi connectivity index (χ3n) is 5.89. The van der Waals surface area contributed by atoms with E-state index >= 15 is 0 Å². The molecule has 0 unspecified atom stereocenters. The van der Waals surface area contributed by atoms with Gasteiger partial charge in [-0.05, 0) is 57.1 Å². The molecule has 0 saturated carbocycles. The van der Waals surface area contributed by atoms with Crippen molar-refractivity contribution in [1.82, 2.24) is 9.30 Å². The molecule has 0 bridgehead atoms. The number of thioether (sulfide) groups is 1. The van der Waals surface area contributed by atoms with E-state index in [1.165, 1.54) is 54.3 Å². The summed E-state index contributed by atoms with van der Waals surface area (Å²) in [7, 11) is 0. The Labute approximate surface area is 264 Å². The molecule has 0 aliphatic carbocycles. The van der Waals surface area contributed by atoms with Gasteiger partial charge in [-0.1, -0.05) is 68.7 Å². The molecule has 4 rings (SSSR count). The Kier molecular flexibility index (Phi) is 17.8. The molecular formula is C31H42F3N4NaS. The Hall–Kier alpha value is -1.60. The summed E-state index contributed by atoms with van der Waals surface area (Å²) in [5.41, 5.74) is 5.33. The van der Waals surface area contributed by atoms with Gasteiger partial charge >= 0.3 is 35.1 Å². The standard InChI is InChI=1S/C21H18F3N2S.C7H16N2.C3H8.Na/c1-3-16-13-15(2)9-10-19(16)25-11-6-7-17-14-18-8-4-5-12-26(18)20(17)27-21(22,23)24;8-4-7-9-5-2-1-3-6-9;1-3-2;/h4-5,9-10,12-14,25H,3,11H2,1-2H3;1-8H2;3H2,1-2H3;/q-1;;;+1. The number of anilines is 1. The molecule has 40 heavy (non-hydrogen) atoms. The fourth-order valence-electron chi connectivity index (χ4n) is 4.16. The number of nitrogens with two attached hydrogens (primary N) is 1. The van der Waals surface area contributed by atoms with Crippen LogP contribution in [-0.2, 0) is 6.42 Å². The number of rotatable bonds is 6. The first kappa shape index (κ1) is 36.4. The van der Waals surface area contributed by atoms with E-state index < -0.39 is 5.51 Å². The van der Waals surface area contributed by atoms with Crippen molar-refractivity contribution in [1.29, 1.82) is 0 Å². The number of piperidine rings is 1. The van der Waals surface area contributed by atoms with Crippen LogP contribution in [0.15, 0.2) is 47.6 Å². The van der Waals surface area contributed by atoms with Crippen LogP contribution in [0.5, 0.6) is 0 Å². The van der Waals surface area contributed by atoms with Crippen LogP contribution in [0.3, 0.4) is 0 Å². The second kappa shape index (κ2) is 19.5. The third-order valence-corrected chi connectivity index (χ3v) is 6.73. The van der Waals surface area contributed by atoms with Crippen molar-refractivity contribution < 1.29 is 42.7 Å². The average molecular weight is 583 g/mol. The maximum absolute atomic E-state index is 12.9. The predicted octanol–water partition coefficient (Wildman–Crippen LogP) is 4.54. The van der Waals surface area contributed by atoms with Crippen LogP contribution in [0.4, 0.5) is 18.9 Å². The molecule has 1 aliphatic heterocycles.